The van der Waals surface area contributed by atoms with E-state index in [9.17, 15) is 13.2 Å². The van der Waals surface area contributed by atoms with Gasteiger partial charge in [0.25, 0.3) is 6.43 Å². The molecule has 1 aromatic heterocycles. The third-order valence-corrected chi connectivity index (χ3v) is 2.34. The van der Waals surface area contributed by atoms with Crippen LogP contribution in [0.5, 0.6) is 0 Å². The maximum Gasteiger partial charge on any atom is 0.264 e. The molecule has 0 radical (unpaired) electrons. The van der Waals surface area contributed by atoms with E-state index in [1.807, 2.05) is 6.07 Å². The molecule has 0 aliphatic carbocycles. The molecule has 6 heteroatoms. The van der Waals surface area contributed by atoms with Crippen LogP contribution in [0.3, 0.4) is 0 Å². The predicted octanol–water partition coefficient (Wildman–Crippen LogP) is 3.02. The Morgan fingerprint density at radius 2 is 2.11 bits per heavy atom. The fraction of sp³-hybridized carbons (Fsp3) is 0.167. The summed E-state index contributed by atoms with van der Waals surface area (Å²) >= 11 is 0. The molecule has 0 atom stereocenters. The Balaban J connectivity index is 2.40. The summed E-state index contributed by atoms with van der Waals surface area (Å²) in [6.45, 7) is 0. The normalized spacial score (nSPS) is 10.6. The predicted molar refractivity (Wildman–Crippen MR) is 57.8 cm³/mol. The third kappa shape index (κ3) is 2.51. The molecular weight excluding hydrogens is 243 g/mol. The maximum atomic E-state index is 13.2. The first-order chi connectivity index (χ1) is 8.60. The fourth-order valence-electron chi connectivity index (χ4n) is 1.54. The number of benzene rings is 1. The van der Waals surface area contributed by atoms with Crippen molar-refractivity contribution in [1.29, 1.82) is 5.26 Å². The first-order valence-electron chi connectivity index (χ1n) is 5.09. The molecule has 0 unspecified atom stereocenters. The molecule has 0 aliphatic rings. The lowest BCUT2D eigenvalue weighted by molar-refractivity contribution is 0.151. The van der Waals surface area contributed by atoms with Crippen molar-refractivity contribution in [2.75, 3.05) is 0 Å². The lowest BCUT2D eigenvalue weighted by Gasteiger charge is -2.05. The smallest absolute Gasteiger partial charge is 0.241 e. The van der Waals surface area contributed by atoms with Crippen molar-refractivity contribution in [3.8, 4) is 11.8 Å². The van der Waals surface area contributed by atoms with Crippen LogP contribution < -0.4 is 0 Å². The summed E-state index contributed by atoms with van der Waals surface area (Å²) in [5, 5.41) is 12.4. The molecule has 2 rings (SSSR count). The van der Waals surface area contributed by atoms with Gasteiger partial charge in [-0.15, -0.1) is 0 Å². The van der Waals surface area contributed by atoms with Gasteiger partial charge in [0.1, 0.15) is 5.82 Å². The largest absolute Gasteiger partial charge is 0.264 e. The van der Waals surface area contributed by atoms with Gasteiger partial charge < -0.3 is 0 Å². The zero-order valence-electron chi connectivity index (χ0n) is 9.15. The van der Waals surface area contributed by atoms with E-state index in [0.717, 1.165) is 18.2 Å². The number of hydrogen-bond donors (Lipinski definition) is 0. The second-order valence-corrected chi connectivity index (χ2v) is 3.67. The first kappa shape index (κ1) is 12.2. The number of aromatic nitrogens is 2. The monoisotopic (exact) mass is 251 g/mol. The molecule has 1 aromatic carbocycles. The van der Waals surface area contributed by atoms with Gasteiger partial charge in [0.2, 0.25) is 0 Å². The Bertz CT molecular complexity index is 599. The van der Waals surface area contributed by atoms with Gasteiger partial charge in [0.15, 0.2) is 0 Å². The van der Waals surface area contributed by atoms with Crippen molar-refractivity contribution < 1.29 is 13.2 Å². The average molecular weight is 251 g/mol. The molecule has 3 nitrogen and oxygen atoms in total. The highest BCUT2D eigenvalue weighted by molar-refractivity contribution is 5.37. The van der Waals surface area contributed by atoms with Gasteiger partial charge in [0.05, 0.1) is 24.4 Å². The van der Waals surface area contributed by atoms with Crippen LogP contribution in [0.1, 0.15) is 17.6 Å². The first-order valence-corrected chi connectivity index (χ1v) is 5.09. The summed E-state index contributed by atoms with van der Waals surface area (Å²) in [4.78, 5) is 0. The Morgan fingerprint density at radius 1 is 1.33 bits per heavy atom. The van der Waals surface area contributed by atoms with Crippen LogP contribution >= 0.6 is 0 Å². The van der Waals surface area contributed by atoms with Crippen LogP contribution in [0.15, 0.2) is 30.6 Å². The number of nitrogens with zero attached hydrogens (tertiary/aromatic N) is 3. The van der Waals surface area contributed by atoms with E-state index < -0.39 is 17.8 Å². The molecular formula is C12H8F3N3. The van der Waals surface area contributed by atoms with Crippen LogP contribution in [-0.4, -0.2) is 9.78 Å². The van der Waals surface area contributed by atoms with E-state index in [0.29, 0.717) is 5.56 Å². The summed E-state index contributed by atoms with van der Waals surface area (Å²) in [5.41, 5.74) is 0.442. The molecule has 1 heterocycles. The van der Waals surface area contributed by atoms with Crippen LogP contribution in [0.2, 0.25) is 0 Å². The topological polar surface area (TPSA) is 41.6 Å². The minimum atomic E-state index is -2.74. The number of hydrogen-bond acceptors (Lipinski definition) is 2. The number of alkyl halides is 2. The van der Waals surface area contributed by atoms with E-state index in [-0.39, 0.29) is 12.1 Å². The zero-order chi connectivity index (χ0) is 13.1. The van der Waals surface area contributed by atoms with Gasteiger partial charge in [-0.3, -0.25) is 0 Å². The van der Waals surface area contributed by atoms with Gasteiger partial charge in [-0.25, -0.2) is 17.9 Å². The Kier molecular flexibility index (Phi) is 3.33. The van der Waals surface area contributed by atoms with Crippen molar-refractivity contribution in [3.63, 3.8) is 0 Å². The Hall–Kier alpha value is -2.29. The van der Waals surface area contributed by atoms with Gasteiger partial charge in [-0.05, 0) is 18.2 Å². The van der Waals surface area contributed by atoms with Crippen molar-refractivity contribution in [2.45, 2.75) is 12.8 Å². The molecule has 0 amide bonds. The van der Waals surface area contributed by atoms with Crippen LogP contribution in [0.25, 0.3) is 5.69 Å². The lowest BCUT2D eigenvalue weighted by atomic mass is 10.2. The quantitative estimate of drug-likeness (QED) is 0.841. The summed E-state index contributed by atoms with van der Waals surface area (Å²) in [5.74, 6) is -0.750. The Morgan fingerprint density at radius 3 is 2.78 bits per heavy atom. The van der Waals surface area contributed by atoms with Crippen LogP contribution in [0.4, 0.5) is 13.2 Å². The third-order valence-electron chi connectivity index (χ3n) is 2.34. The number of nitriles is 1. The highest BCUT2D eigenvalue weighted by Gasteiger charge is 2.11. The van der Waals surface area contributed by atoms with Crippen molar-refractivity contribution in [2.24, 2.45) is 0 Å². The Labute approximate surface area is 101 Å². The molecule has 0 saturated heterocycles. The minimum Gasteiger partial charge on any atom is -0.241 e. The van der Waals surface area contributed by atoms with Crippen LogP contribution in [-0.2, 0) is 6.42 Å². The SMILES string of the molecule is N#CCc1cnn(-c2cc(F)cc(C(F)F)c2)c1. The van der Waals surface area contributed by atoms with E-state index in [1.54, 1.807) is 0 Å². The molecule has 2 aromatic rings. The minimum absolute atomic E-state index is 0.164. The second kappa shape index (κ2) is 4.92. The van der Waals surface area contributed by atoms with Gasteiger partial charge >= 0.3 is 0 Å². The number of rotatable bonds is 3. The van der Waals surface area contributed by atoms with Gasteiger partial charge in [0, 0.05) is 17.3 Å². The van der Waals surface area contributed by atoms with Crippen molar-refractivity contribution in [1.82, 2.24) is 9.78 Å². The lowest BCUT2D eigenvalue weighted by Crippen LogP contribution is -1.97. The average Bonchev–Trinajstić information content (AvgIpc) is 2.77. The number of halogens is 3. The van der Waals surface area contributed by atoms with E-state index >= 15 is 0 Å². The molecule has 0 saturated carbocycles. The molecule has 0 aliphatic heterocycles. The molecule has 0 fully saturated rings. The van der Waals surface area contributed by atoms with Crippen LogP contribution in [0, 0.1) is 17.1 Å². The molecule has 0 bridgehead atoms. The molecule has 0 spiro atoms. The summed E-state index contributed by atoms with van der Waals surface area (Å²) in [6.07, 6.45) is 0.369. The summed E-state index contributed by atoms with van der Waals surface area (Å²) < 4.78 is 39.5. The molecule has 92 valence electrons. The molecule has 0 N–H and O–H groups in total. The highest BCUT2D eigenvalue weighted by atomic mass is 19.3. The van der Waals surface area contributed by atoms with Crippen molar-refractivity contribution >= 4 is 0 Å². The van der Waals surface area contributed by atoms with E-state index in [2.05, 4.69) is 5.10 Å². The van der Waals surface area contributed by atoms with Gasteiger partial charge in [-0.1, -0.05) is 0 Å². The van der Waals surface area contributed by atoms with Gasteiger partial charge in [-0.2, -0.15) is 10.4 Å². The highest BCUT2D eigenvalue weighted by Crippen LogP contribution is 2.22. The summed E-state index contributed by atoms with van der Waals surface area (Å²) in [7, 11) is 0. The van der Waals surface area contributed by atoms with E-state index in [1.165, 1.54) is 17.1 Å². The summed E-state index contributed by atoms with van der Waals surface area (Å²) in [6, 6.07) is 5.00. The standard InChI is InChI=1S/C12H8F3N3/c13-10-3-9(12(14)15)4-11(5-10)18-7-8(1-2-16)6-17-18/h3-7,12H,1H2. The van der Waals surface area contributed by atoms with E-state index in [4.69, 9.17) is 5.26 Å². The molecule has 18 heavy (non-hydrogen) atoms. The maximum absolute atomic E-state index is 13.2. The zero-order valence-corrected chi connectivity index (χ0v) is 9.15. The van der Waals surface area contributed by atoms with Crippen molar-refractivity contribution in [3.05, 3.63) is 47.5 Å². The second-order valence-electron chi connectivity index (χ2n) is 3.67. The fourth-order valence-corrected chi connectivity index (χ4v) is 1.54.